The third kappa shape index (κ3) is 7.18. The molecule has 2 aromatic rings. The van der Waals surface area contributed by atoms with Gasteiger partial charge in [0.15, 0.2) is 34.6 Å². The molecule has 226 valence electrons. The molecule has 3 atom stereocenters. The highest BCUT2D eigenvalue weighted by Crippen LogP contribution is 2.36. The van der Waals surface area contributed by atoms with Crippen LogP contribution in [0.25, 0.3) is 0 Å². The van der Waals surface area contributed by atoms with E-state index in [4.69, 9.17) is 18.9 Å². The van der Waals surface area contributed by atoms with Crippen LogP contribution in [0, 0.1) is 5.92 Å². The van der Waals surface area contributed by atoms with Crippen molar-refractivity contribution in [3.8, 4) is 23.0 Å². The number of hydrogen-bond donors (Lipinski definition) is 2. The maximum absolute atomic E-state index is 13.4. The average molecular weight is 583 g/mol. The zero-order chi connectivity index (χ0) is 30.6. The number of nitrogens with zero attached hydrogens (tertiary/aromatic N) is 2. The third-order valence-electron chi connectivity index (χ3n) is 7.31. The van der Waals surface area contributed by atoms with E-state index in [1.807, 2.05) is 0 Å². The summed E-state index contributed by atoms with van der Waals surface area (Å²) in [7, 11) is 1.77. The summed E-state index contributed by atoms with van der Waals surface area (Å²) in [5.74, 6) is 1.16. The Morgan fingerprint density at radius 1 is 0.810 bits per heavy atom. The first-order valence-electron chi connectivity index (χ1n) is 13.9. The standard InChI is InChI=1S/C30H38N4O8/c1-17(2)30(38)32-14-33(6)18(3)28(36)22-8-10-24-26(12-22)42-27(41-24)13-34(15-31-20(5)35)19(4)29(37)21-7-9-23-25(11-21)40-16-39-23/h7-12,17-19,27H,13-16H2,1-6H3,(H,31,35)(H,32,38). The van der Waals surface area contributed by atoms with E-state index in [0.717, 1.165) is 0 Å². The van der Waals surface area contributed by atoms with Crippen LogP contribution >= 0.6 is 0 Å². The molecule has 3 unspecified atom stereocenters. The summed E-state index contributed by atoms with van der Waals surface area (Å²) in [4.78, 5) is 53.7. The fraction of sp³-hybridized carbons (Fsp3) is 0.467. The minimum absolute atomic E-state index is 0.0879. The van der Waals surface area contributed by atoms with E-state index in [2.05, 4.69) is 10.6 Å². The molecule has 0 saturated heterocycles. The molecule has 2 aliphatic heterocycles. The Morgan fingerprint density at radius 3 is 2.07 bits per heavy atom. The third-order valence-corrected chi connectivity index (χ3v) is 7.31. The van der Waals surface area contributed by atoms with Gasteiger partial charge in [-0.05, 0) is 57.3 Å². The van der Waals surface area contributed by atoms with Crippen LogP contribution in [0.15, 0.2) is 36.4 Å². The van der Waals surface area contributed by atoms with Gasteiger partial charge in [-0.2, -0.15) is 0 Å². The molecule has 0 spiro atoms. The smallest absolute Gasteiger partial charge is 0.254 e. The van der Waals surface area contributed by atoms with E-state index in [9.17, 15) is 19.2 Å². The second-order valence-electron chi connectivity index (χ2n) is 10.7. The molecule has 0 fully saturated rings. The van der Waals surface area contributed by atoms with Gasteiger partial charge in [-0.3, -0.25) is 29.0 Å². The molecular weight excluding hydrogens is 544 g/mol. The summed E-state index contributed by atoms with van der Waals surface area (Å²) in [6.07, 6.45) is -0.780. The quantitative estimate of drug-likeness (QED) is 0.268. The van der Waals surface area contributed by atoms with Crippen molar-refractivity contribution < 1.29 is 38.1 Å². The SMILES string of the molecule is CC(=O)NCN(CC1Oc2ccc(C(=O)C(C)N(C)CNC(=O)C(C)C)cc2O1)C(C)C(=O)c1ccc2c(c1)OCO2. The summed E-state index contributed by atoms with van der Waals surface area (Å²) >= 11 is 0. The number of fused-ring (bicyclic) bond motifs is 2. The van der Waals surface area contributed by atoms with E-state index in [0.29, 0.717) is 34.1 Å². The van der Waals surface area contributed by atoms with Crippen LogP contribution < -0.4 is 29.6 Å². The largest absolute Gasteiger partial charge is 0.454 e. The van der Waals surface area contributed by atoms with Gasteiger partial charge >= 0.3 is 0 Å². The van der Waals surface area contributed by atoms with Gasteiger partial charge in [0.25, 0.3) is 6.29 Å². The van der Waals surface area contributed by atoms with Gasteiger partial charge in [-0.1, -0.05) is 13.8 Å². The van der Waals surface area contributed by atoms with E-state index in [1.54, 1.807) is 80.9 Å². The minimum Gasteiger partial charge on any atom is -0.454 e. The van der Waals surface area contributed by atoms with Crippen LogP contribution in [-0.2, 0) is 9.59 Å². The van der Waals surface area contributed by atoms with Gasteiger partial charge in [-0.15, -0.1) is 0 Å². The molecule has 0 bridgehead atoms. The number of rotatable bonds is 13. The fourth-order valence-corrected chi connectivity index (χ4v) is 4.44. The van der Waals surface area contributed by atoms with Crippen LogP contribution in [-0.4, -0.2) is 85.3 Å². The monoisotopic (exact) mass is 582 g/mol. The van der Waals surface area contributed by atoms with Crippen molar-refractivity contribution >= 4 is 23.4 Å². The molecule has 2 aromatic carbocycles. The second-order valence-corrected chi connectivity index (χ2v) is 10.7. The number of ketones is 2. The van der Waals surface area contributed by atoms with E-state index < -0.39 is 18.4 Å². The highest BCUT2D eigenvalue weighted by atomic mass is 16.7. The average Bonchev–Trinajstić information content (AvgIpc) is 3.61. The summed E-state index contributed by atoms with van der Waals surface area (Å²) in [6.45, 7) is 9.12. The van der Waals surface area contributed by atoms with Crippen LogP contribution in [0.1, 0.15) is 55.3 Å². The summed E-state index contributed by atoms with van der Waals surface area (Å²) < 4.78 is 22.8. The first-order chi connectivity index (χ1) is 19.9. The molecule has 0 radical (unpaired) electrons. The van der Waals surface area contributed by atoms with Gasteiger partial charge in [0, 0.05) is 24.0 Å². The molecule has 2 amide bonds. The molecule has 12 nitrogen and oxygen atoms in total. The highest BCUT2D eigenvalue weighted by Gasteiger charge is 2.32. The van der Waals surface area contributed by atoms with Crippen molar-refractivity contribution in [3.05, 3.63) is 47.5 Å². The number of carbonyl (C=O) groups is 4. The van der Waals surface area contributed by atoms with Crippen molar-refractivity contribution in [2.45, 2.75) is 53.0 Å². The topological polar surface area (TPSA) is 136 Å². The second kappa shape index (κ2) is 13.2. The minimum atomic E-state index is -0.780. The van der Waals surface area contributed by atoms with Crippen LogP contribution in [0.2, 0.25) is 0 Å². The molecule has 0 aliphatic carbocycles. The van der Waals surface area contributed by atoms with Crippen molar-refractivity contribution in [1.29, 1.82) is 0 Å². The predicted molar refractivity (Wildman–Crippen MR) is 153 cm³/mol. The van der Waals surface area contributed by atoms with E-state index in [1.165, 1.54) is 6.92 Å². The number of likely N-dealkylation sites (N-methyl/N-ethyl adjacent to an activating group) is 1. The Labute approximate surface area is 245 Å². The Kier molecular flexibility index (Phi) is 9.69. The molecule has 4 rings (SSSR count). The highest BCUT2D eigenvalue weighted by molar-refractivity contribution is 6.01. The Morgan fingerprint density at radius 2 is 1.40 bits per heavy atom. The molecule has 2 heterocycles. The zero-order valence-electron chi connectivity index (χ0n) is 24.8. The number of nitrogens with one attached hydrogen (secondary N) is 2. The van der Waals surface area contributed by atoms with E-state index >= 15 is 0 Å². The number of Topliss-reactive ketones (excluding diaryl/α,β-unsaturated/α-hetero) is 2. The van der Waals surface area contributed by atoms with Crippen LogP contribution in [0.5, 0.6) is 23.0 Å². The maximum Gasteiger partial charge on any atom is 0.254 e. The number of benzene rings is 2. The fourth-order valence-electron chi connectivity index (χ4n) is 4.44. The van der Waals surface area contributed by atoms with Gasteiger partial charge in [0.05, 0.1) is 32.0 Å². The van der Waals surface area contributed by atoms with Gasteiger partial charge in [0.1, 0.15) is 0 Å². The Bertz CT molecular complexity index is 1350. The van der Waals surface area contributed by atoms with Gasteiger partial charge in [-0.25, -0.2) is 0 Å². The summed E-state index contributed by atoms with van der Waals surface area (Å²) in [6, 6.07) is 8.86. The molecule has 0 aromatic heterocycles. The molecule has 2 aliphatic rings. The van der Waals surface area contributed by atoms with Crippen molar-refractivity contribution in [3.63, 3.8) is 0 Å². The number of carbonyl (C=O) groups excluding carboxylic acids is 4. The number of amides is 2. The van der Waals surface area contributed by atoms with Crippen molar-refractivity contribution in [2.24, 2.45) is 5.92 Å². The lowest BCUT2D eigenvalue weighted by atomic mass is 10.0. The lowest BCUT2D eigenvalue weighted by molar-refractivity contribution is -0.124. The lowest BCUT2D eigenvalue weighted by Crippen LogP contribution is -2.50. The zero-order valence-corrected chi connectivity index (χ0v) is 24.8. The van der Waals surface area contributed by atoms with Gasteiger partial charge in [0.2, 0.25) is 18.6 Å². The first kappa shape index (κ1) is 30.8. The Hall–Kier alpha value is -4.16. The first-order valence-corrected chi connectivity index (χ1v) is 13.9. The van der Waals surface area contributed by atoms with Crippen molar-refractivity contribution in [1.82, 2.24) is 20.4 Å². The van der Waals surface area contributed by atoms with E-state index in [-0.39, 0.29) is 56.0 Å². The maximum atomic E-state index is 13.4. The molecular formula is C30H38N4O8. The summed E-state index contributed by atoms with van der Waals surface area (Å²) in [5, 5.41) is 5.56. The molecule has 0 saturated carbocycles. The lowest BCUT2D eigenvalue weighted by Gasteiger charge is -2.29. The van der Waals surface area contributed by atoms with Crippen LogP contribution in [0.4, 0.5) is 0 Å². The molecule has 42 heavy (non-hydrogen) atoms. The van der Waals surface area contributed by atoms with Crippen LogP contribution in [0.3, 0.4) is 0 Å². The summed E-state index contributed by atoms with van der Waals surface area (Å²) in [5.41, 5.74) is 0.885. The molecule has 2 N–H and O–H groups in total. The number of ether oxygens (including phenoxy) is 4. The normalized spacial score (nSPS) is 16.5. The predicted octanol–water partition coefficient (Wildman–Crippen LogP) is 2.41. The number of hydrogen-bond acceptors (Lipinski definition) is 10. The van der Waals surface area contributed by atoms with Crippen molar-refractivity contribution in [2.75, 3.05) is 33.7 Å². The molecule has 12 heteroatoms. The van der Waals surface area contributed by atoms with Gasteiger partial charge < -0.3 is 29.6 Å². The Balaban J connectivity index is 1.41.